The van der Waals surface area contributed by atoms with Gasteiger partial charge in [-0.25, -0.2) is 4.98 Å². The topological polar surface area (TPSA) is 80.8 Å². The first-order valence-corrected chi connectivity index (χ1v) is 9.11. The number of fused-ring (bicyclic) bond motifs is 1. The lowest BCUT2D eigenvalue weighted by atomic mass is 10.1. The van der Waals surface area contributed by atoms with Gasteiger partial charge in [-0.1, -0.05) is 29.3 Å². The van der Waals surface area contributed by atoms with Gasteiger partial charge in [0.2, 0.25) is 0 Å². The summed E-state index contributed by atoms with van der Waals surface area (Å²) in [5.74, 6) is 1.58. The highest BCUT2D eigenvalue weighted by molar-refractivity contribution is 6.35. The Labute approximate surface area is 166 Å². The van der Waals surface area contributed by atoms with Crippen molar-refractivity contribution in [1.29, 1.82) is 0 Å². The second-order valence-electron chi connectivity index (χ2n) is 6.13. The summed E-state index contributed by atoms with van der Waals surface area (Å²) < 4.78 is 10.5. The van der Waals surface area contributed by atoms with E-state index in [1.165, 1.54) is 7.11 Å². The van der Waals surface area contributed by atoms with Gasteiger partial charge in [-0.05, 0) is 25.1 Å². The van der Waals surface area contributed by atoms with Gasteiger partial charge in [-0.3, -0.25) is 4.79 Å². The van der Waals surface area contributed by atoms with E-state index < -0.39 is 0 Å². The van der Waals surface area contributed by atoms with Crippen LogP contribution >= 0.6 is 23.2 Å². The van der Waals surface area contributed by atoms with Crippen molar-refractivity contribution in [1.82, 2.24) is 9.97 Å². The molecule has 0 amide bonds. The van der Waals surface area contributed by atoms with Crippen LogP contribution in [-0.4, -0.2) is 24.2 Å². The zero-order valence-electron chi connectivity index (χ0n) is 15.2. The zero-order chi connectivity index (χ0) is 19.6. The molecule has 0 unspecified atom stereocenters. The van der Waals surface area contributed by atoms with Crippen LogP contribution in [0.25, 0.3) is 10.9 Å². The molecular formula is C19H20Cl2N3O3+. The van der Waals surface area contributed by atoms with Gasteiger partial charge in [0.25, 0.3) is 5.56 Å². The van der Waals surface area contributed by atoms with Gasteiger partial charge in [-0.15, -0.1) is 0 Å². The van der Waals surface area contributed by atoms with Crippen molar-refractivity contribution in [2.75, 3.05) is 14.2 Å². The molecule has 0 aliphatic rings. The number of hydrogen-bond acceptors (Lipinski definition) is 4. The Morgan fingerprint density at radius 1 is 1.15 bits per heavy atom. The summed E-state index contributed by atoms with van der Waals surface area (Å²) in [6.07, 6.45) is 0. The maximum absolute atomic E-state index is 12.4. The van der Waals surface area contributed by atoms with Gasteiger partial charge < -0.3 is 19.8 Å². The number of methoxy groups -OCH3 is 2. The molecule has 6 nitrogen and oxygen atoms in total. The van der Waals surface area contributed by atoms with Gasteiger partial charge in [0.15, 0.2) is 17.3 Å². The zero-order valence-corrected chi connectivity index (χ0v) is 16.7. The summed E-state index contributed by atoms with van der Waals surface area (Å²) in [5, 5.41) is 3.70. The molecule has 0 bridgehead atoms. The number of hydrogen-bond donors (Lipinski definition) is 2. The van der Waals surface area contributed by atoms with E-state index >= 15 is 0 Å². The normalized spacial score (nSPS) is 12.2. The van der Waals surface area contributed by atoms with Crippen molar-refractivity contribution in [2.24, 2.45) is 0 Å². The van der Waals surface area contributed by atoms with E-state index in [4.69, 9.17) is 32.7 Å². The molecule has 3 N–H and O–H groups in total. The molecule has 27 heavy (non-hydrogen) atoms. The lowest BCUT2D eigenvalue weighted by Crippen LogP contribution is -2.83. The number of nitrogens with two attached hydrogens (primary N) is 1. The number of benzene rings is 2. The van der Waals surface area contributed by atoms with Gasteiger partial charge in [0.1, 0.15) is 12.6 Å². The molecule has 2 aromatic carbocycles. The molecule has 1 atom stereocenters. The summed E-state index contributed by atoms with van der Waals surface area (Å²) >= 11 is 12.2. The number of nitrogens with one attached hydrogen (secondary N) is 1. The largest absolute Gasteiger partial charge is 0.493 e. The molecule has 0 aliphatic heterocycles. The monoisotopic (exact) mass is 408 g/mol. The predicted molar refractivity (Wildman–Crippen MR) is 106 cm³/mol. The lowest BCUT2D eigenvalue weighted by molar-refractivity contribution is -0.708. The highest BCUT2D eigenvalue weighted by Crippen LogP contribution is 2.30. The number of H-pyrrole nitrogens is 1. The Hall–Kier alpha value is -2.28. The summed E-state index contributed by atoms with van der Waals surface area (Å²) in [4.78, 5) is 19.8. The molecule has 0 spiro atoms. The third-order valence-electron chi connectivity index (χ3n) is 4.38. The van der Waals surface area contributed by atoms with E-state index in [2.05, 4.69) is 9.97 Å². The standard InChI is InChI=1S/C19H19Cl2N3O3/c1-10(12-5-4-11(20)6-14(12)21)22-9-18-23-15-8-17(27-3)16(26-2)7-13(15)19(25)24-18/h4-8,10,22H,9H2,1-3H3,(H,23,24,25)/p+1/t10-/m1/s1. The number of rotatable bonds is 6. The minimum Gasteiger partial charge on any atom is -0.493 e. The maximum atomic E-state index is 12.4. The average Bonchev–Trinajstić information content (AvgIpc) is 2.65. The third-order valence-corrected chi connectivity index (χ3v) is 4.94. The first-order chi connectivity index (χ1) is 12.9. The van der Waals surface area contributed by atoms with Gasteiger partial charge >= 0.3 is 0 Å². The molecule has 3 rings (SSSR count). The van der Waals surface area contributed by atoms with E-state index in [-0.39, 0.29) is 11.6 Å². The van der Waals surface area contributed by atoms with Crippen LogP contribution in [0.4, 0.5) is 0 Å². The fraction of sp³-hybridized carbons (Fsp3) is 0.263. The molecule has 0 saturated carbocycles. The van der Waals surface area contributed by atoms with E-state index in [1.807, 2.05) is 24.4 Å². The fourth-order valence-corrected chi connectivity index (χ4v) is 3.48. The number of quaternary nitrogens is 1. The third kappa shape index (κ3) is 4.18. The molecule has 0 radical (unpaired) electrons. The summed E-state index contributed by atoms with van der Waals surface area (Å²) in [5.41, 5.74) is 1.30. The fourth-order valence-electron chi connectivity index (χ4n) is 2.90. The van der Waals surface area contributed by atoms with E-state index in [1.54, 1.807) is 25.3 Å². The molecule has 0 saturated heterocycles. The Morgan fingerprint density at radius 3 is 2.52 bits per heavy atom. The van der Waals surface area contributed by atoms with Crippen molar-refractivity contribution < 1.29 is 14.8 Å². The van der Waals surface area contributed by atoms with E-state index in [9.17, 15) is 4.79 Å². The second-order valence-corrected chi connectivity index (χ2v) is 6.97. The molecule has 142 valence electrons. The Morgan fingerprint density at radius 2 is 1.85 bits per heavy atom. The molecule has 1 heterocycles. The van der Waals surface area contributed by atoms with Crippen molar-refractivity contribution in [3.63, 3.8) is 0 Å². The maximum Gasteiger partial charge on any atom is 0.259 e. The van der Waals surface area contributed by atoms with Gasteiger partial charge in [0.05, 0.1) is 30.1 Å². The minimum absolute atomic E-state index is 0.0705. The van der Waals surface area contributed by atoms with Gasteiger partial charge in [-0.2, -0.15) is 0 Å². The van der Waals surface area contributed by atoms with Crippen LogP contribution in [-0.2, 0) is 6.54 Å². The van der Waals surface area contributed by atoms with Crippen molar-refractivity contribution in [3.05, 3.63) is 62.1 Å². The Bertz CT molecular complexity index is 1040. The Balaban J connectivity index is 1.85. The van der Waals surface area contributed by atoms with Crippen LogP contribution in [0.15, 0.2) is 35.1 Å². The Kier molecular flexibility index (Phi) is 5.89. The van der Waals surface area contributed by atoms with Crippen LogP contribution in [0.1, 0.15) is 24.4 Å². The summed E-state index contributed by atoms with van der Waals surface area (Å²) in [7, 11) is 3.07. The van der Waals surface area contributed by atoms with Crippen LogP contribution in [0, 0.1) is 0 Å². The SMILES string of the molecule is COc1cc2nc(C[NH2+][C@H](C)c3ccc(Cl)cc3Cl)[nH]c(=O)c2cc1OC. The first-order valence-electron chi connectivity index (χ1n) is 8.36. The summed E-state index contributed by atoms with van der Waals surface area (Å²) in [6.45, 7) is 2.52. The molecule has 3 aromatic rings. The molecule has 0 fully saturated rings. The van der Waals surface area contributed by atoms with Crippen LogP contribution in [0.3, 0.4) is 0 Å². The molecular weight excluding hydrogens is 389 g/mol. The summed E-state index contributed by atoms with van der Waals surface area (Å²) in [6, 6.07) is 8.83. The van der Waals surface area contributed by atoms with Crippen LogP contribution in [0.2, 0.25) is 10.0 Å². The number of aromatic nitrogens is 2. The second kappa shape index (κ2) is 8.17. The highest BCUT2D eigenvalue weighted by Gasteiger charge is 2.15. The van der Waals surface area contributed by atoms with Crippen LogP contribution in [0.5, 0.6) is 11.5 Å². The number of halogens is 2. The average molecular weight is 409 g/mol. The lowest BCUT2D eigenvalue weighted by Gasteiger charge is -2.13. The van der Waals surface area contributed by atoms with Crippen molar-refractivity contribution in [2.45, 2.75) is 19.5 Å². The smallest absolute Gasteiger partial charge is 0.259 e. The molecule has 1 aromatic heterocycles. The predicted octanol–water partition coefficient (Wildman–Crippen LogP) is 3.07. The number of nitrogens with zero attached hydrogens (tertiary/aromatic N) is 1. The minimum atomic E-state index is -0.221. The quantitative estimate of drug-likeness (QED) is 0.656. The first kappa shape index (κ1) is 19.5. The van der Waals surface area contributed by atoms with E-state index in [0.717, 1.165) is 5.56 Å². The van der Waals surface area contributed by atoms with Crippen LogP contribution < -0.4 is 20.3 Å². The number of aromatic amines is 1. The highest BCUT2D eigenvalue weighted by atomic mass is 35.5. The van der Waals surface area contributed by atoms with Crippen molar-refractivity contribution >= 4 is 34.1 Å². The van der Waals surface area contributed by atoms with E-state index in [0.29, 0.717) is 44.8 Å². The van der Waals surface area contributed by atoms with Gasteiger partial charge in [0, 0.05) is 16.7 Å². The number of ether oxygens (including phenoxy) is 2. The van der Waals surface area contributed by atoms with Crippen molar-refractivity contribution in [3.8, 4) is 11.5 Å². The molecule has 8 heteroatoms. The molecule has 0 aliphatic carbocycles.